The largest absolute Gasteiger partial charge is 0.497 e. The molecule has 0 saturated heterocycles. The molecule has 0 N–H and O–H groups in total. The van der Waals surface area contributed by atoms with Crippen molar-refractivity contribution in [2.45, 2.75) is 11.3 Å². The van der Waals surface area contributed by atoms with E-state index < -0.39 is 28.6 Å². The Morgan fingerprint density at radius 3 is 2.50 bits per heavy atom. The zero-order valence-electron chi connectivity index (χ0n) is 7.94. The minimum atomic E-state index is -4.87. The van der Waals surface area contributed by atoms with Gasteiger partial charge in [-0.1, -0.05) is 11.6 Å². The standard InChI is InChI=1S/C9H6ClF4O2/c1-16-5-2-6(9(12,13)14)7(4-15)8(10,11)3-5/h2-3,7H,1H3. The second-order valence-electron chi connectivity index (χ2n) is 3.07. The van der Waals surface area contributed by atoms with Gasteiger partial charge in [0, 0.05) is 6.08 Å². The fraction of sp³-hybridized carbons (Fsp3) is 0.444. The summed E-state index contributed by atoms with van der Waals surface area (Å²) in [6, 6.07) is 0. The Balaban J connectivity index is 3.27. The third-order valence-corrected chi connectivity index (χ3v) is 2.34. The van der Waals surface area contributed by atoms with Crippen LogP contribution in [0.15, 0.2) is 23.5 Å². The highest BCUT2D eigenvalue weighted by molar-refractivity contribution is 6.25. The summed E-state index contributed by atoms with van der Waals surface area (Å²) in [6.45, 7) is 0. The minimum absolute atomic E-state index is 0.392. The van der Waals surface area contributed by atoms with Gasteiger partial charge in [0.1, 0.15) is 11.7 Å². The van der Waals surface area contributed by atoms with Gasteiger partial charge in [-0.3, -0.25) is 4.79 Å². The van der Waals surface area contributed by atoms with Crippen LogP contribution in [0.4, 0.5) is 17.6 Å². The number of carbonyl (C=O) groups excluding carboxylic acids is 1. The van der Waals surface area contributed by atoms with Gasteiger partial charge >= 0.3 is 6.18 Å². The Hall–Kier alpha value is -1.04. The molecule has 1 radical (unpaired) electrons. The lowest BCUT2D eigenvalue weighted by molar-refractivity contribution is -0.1000. The Kier molecular flexibility index (Phi) is 3.33. The van der Waals surface area contributed by atoms with Crippen molar-refractivity contribution in [3.8, 4) is 0 Å². The Morgan fingerprint density at radius 1 is 1.56 bits per heavy atom. The molecule has 0 spiro atoms. The maximum atomic E-state index is 13.6. The number of ether oxygens (including phenoxy) is 1. The van der Waals surface area contributed by atoms with Gasteiger partial charge in [-0.05, 0) is 6.08 Å². The average molecular weight is 258 g/mol. The molecule has 2 unspecified atom stereocenters. The van der Waals surface area contributed by atoms with E-state index in [2.05, 4.69) is 4.74 Å². The summed E-state index contributed by atoms with van der Waals surface area (Å²) in [5.41, 5.74) is -1.42. The van der Waals surface area contributed by atoms with Crippen LogP contribution in [-0.4, -0.2) is 24.7 Å². The first-order chi connectivity index (χ1) is 7.22. The molecule has 0 heterocycles. The summed E-state index contributed by atoms with van der Waals surface area (Å²) in [5, 5.41) is -2.98. The summed E-state index contributed by atoms with van der Waals surface area (Å²) in [4.78, 5) is 10.4. The number of methoxy groups -OCH3 is 1. The van der Waals surface area contributed by atoms with Gasteiger partial charge in [0.15, 0.2) is 0 Å². The Morgan fingerprint density at radius 2 is 2.12 bits per heavy atom. The van der Waals surface area contributed by atoms with Crippen molar-refractivity contribution in [2.24, 2.45) is 5.92 Å². The summed E-state index contributed by atoms with van der Waals surface area (Å²) < 4.78 is 55.5. The van der Waals surface area contributed by atoms with Gasteiger partial charge in [0.2, 0.25) is 11.4 Å². The molecular formula is C9H6ClF4O2. The third-order valence-electron chi connectivity index (χ3n) is 2.01. The first-order valence-electron chi connectivity index (χ1n) is 4.03. The van der Waals surface area contributed by atoms with E-state index in [4.69, 9.17) is 11.6 Å². The van der Waals surface area contributed by atoms with Gasteiger partial charge < -0.3 is 4.74 Å². The lowest BCUT2D eigenvalue weighted by Crippen LogP contribution is -2.36. The van der Waals surface area contributed by atoms with Crippen LogP contribution < -0.4 is 0 Å². The zero-order valence-corrected chi connectivity index (χ0v) is 8.69. The molecule has 7 heteroatoms. The molecule has 0 aromatic heterocycles. The van der Waals surface area contributed by atoms with E-state index in [9.17, 15) is 22.4 Å². The fourth-order valence-electron chi connectivity index (χ4n) is 1.26. The monoisotopic (exact) mass is 257 g/mol. The number of rotatable bonds is 2. The summed E-state index contributed by atoms with van der Waals surface area (Å²) in [6.07, 6.45) is -2.80. The van der Waals surface area contributed by atoms with Crippen LogP contribution in [0.3, 0.4) is 0 Å². The van der Waals surface area contributed by atoms with Crippen LogP contribution in [0.25, 0.3) is 0 Å². The van der Waals surface area contributed by atoms with Crippen LogP contribution in [0.2, 0.25) is 0 Å². The van der Waals surface area contributed by atoms with Crippen molar-refractivity contribution in [3.05, 3.63) is 23.5 Å². The second kappa shape index (κ2) is 4.08. The van der Waals surface area contributed by atoms with Gasteiger partial charge in [-0.25, -0.2) is 4.39 Å². The molecule has 1 rings (SSSR count). The van der Waals surface area contributed by atoms with Crippen LogP contribution >= 0.6 is 11.6 Å². The van der Waals surface area contributed by atoms with Crippen molar-refractivity contribution in [1.29, 1.82) is 0 Å². The number of hydrogen-bond donors (Lipinski definition) is 0. The molecule has 2 atom stereocenters. The van der Waals surface area contributed by atoms with Crippen LogP contribution in [0.5, 0.6) is 0 Å². The highest BCUT2D eigenvalue weighted by Crippen LogP contribution is 2.44. The highest BCUT2D eigenvalue weighted by Gasteiger charge is 2.51. The first kappa shape index (κ1) is 13.0. The molecule has 1 aliphatic rings. The second-order valence-corrected chi connectivity index (χ2v) is 3.65. The predicted molar refractivity (Wildman–Crippen MR) is 48.1 cm³/mol. The molecule has 0 fully saturated rings. The van der Waals surface area contributed by atoms with Crippen molar-refractivity contribution < 1.29 is 27.1 Å². The molecule has 0 saturated carbocycles. The quantitative estimate of drug-likeness (QED) is 0.562. The van der Waals surface area contributed by atoms with E-state index in [-0.39, 0.29) is 0 Å². The third kappa shape index (κ3) is 2.37. The average Bonchev–Trinajstić information content (AvgIpc) is 2.13. The molecular weight excluding hydrogens is 252 g/mol. The Labute approximate surface area is 93.5 Å². The maximum Gasteiger partial charge on any atom is 0.413 e. The van der Waals surface area contributed by atoms with Crippen molar-refractivity contribution >= 4 is 17.9 Å². The lowest BCUT2D eigenvalue weighted by atomic mass is 9.89. The molecule has 16 heavy (non-hydrogen) atoms. The van der Waals surface area contributed by atoms with Crippen molar-refractivity contribution in [3.63, 3.8) is 0 Å². The van der Waals surface area contributed by atoms with Crippen molar-refractivity contribution in [1.82, 2.24) is 0 Å². The number of halogens is 5. The summed E-state index contributed by atoms with van der Waals surface area (Å²) in [7, 11) is 1.06. The maximum absolute atomic E-state index is 13.6. The molecule has 2 nitrogen and oxygen atoms in total. The minimum Gasteiger partial charge on any atom is -0.497 e. The topological polar surface area (TPSA) is 26.3 Å². The molecule has 0 aromatic carbocycles. The van der Waals surface area contributed by atoms with Gasteiger partial charge in [0.05, 0.1) is 12.7 Å². The Bertz CT molecular complexity index is 357. The van der Waals surface area contributed by atoms with Gasteiger partial charge in [-0.15, -0.1) is 0 Å². The van der Waals surface area contributed by atoms with E-state index in [0.29, 0.717) is 12.2 Å². The molecule has 0 bridgehead atoms. The van der Waals surface area contributed by atoms with Gasteiger partial charge in [-0.2, -0.15) is 13.2 Å². The smallest absolute Gasteiger partial charge is 0.413 e. The summed E-state index contributed by atoms with van der Waals surface area (Å²) >= 11 is 5.19. The van der Waals surface area contributed by atoms with Crippen LogP contribution in [-0.2, 0) is 9.53 Å². The van der Waals surface area contributed by atoms with E-state index >= 15 is 0 Å². The van der Waals surface area contributed by atoms with E-state index in [1.165, 1.54) is 0 Å². The zero-order chi connectivity index (χ0) is 12.6. The lowest BCUT2D eigenvalue weighted by Gasteiger charge is -2.28. The van der Waals surface area contributed by atoms with E-state index in [0.717, 1.165) is 13.4 Å². The van der Waals surface area contributed by atoms with Gasteiger partial charge in [0.25, 0.3) is 0 Å². The normalized spacial score (nSPS) is 30.5. The fourth-order valence-corrected chi connectivity index (χ4v) is 1.53. The van der Waals surface area contributed by atoms with Crippen molar-refractivity contribution in [2.75, 3.05) is 7.11 Å². The first-order valence-corrected chi connectivity index (χ1v) is 4.41. The van der Waals surface area contributed by atoms with Crippen LogP contribution in [0.1, 0.15) is 0 Å². The number of hydrogen-bond acceptors (Lipinski definition) is 2. The molecule has 0 amide bonds. The summed E-state index contributed by atoms with van der Waals surface area (Å²) in [5.74, 6) is -2.61. The molecule has 89 valence electrons. The van der Waals surface area contributed by atoms with E-state index in [1.54, 1.807) is 0 Å². The number of allylic oxidation sites excluding steroid dienone is 3. The highest BCUT2D eigenvalue weighted by atomic mass is 35.5. The number of alkyl halides is 5. The van der Waals surface area contributed by atoms with Crippen LogP contribution in [0, 0.1) is 5.92 Å². The predicted octanol–water partition coefficient (Wildman–Crippen LogP) is 2.65. The SMILES string of the molecule is COC1=CC(F)(Cl)C([C]=O)C(C(F)(F)F)=C1. The van der Waals surface area contributed by atoms with E-state index in [1.807, 2.05) is 0 Å². The molecule has 0 aliphatic heterocycles. The molecule has 0 aromatic rings. The molecule has 1 aliphatic carbocycles.